The van der Waals surface area contributed by atoms with Gasteiger partial charge in [0.15, 0.2) is 0 Å². The largest absolute Gasteiger partial charge is 0.481 e. The molecule has 0 unspecified atom stereocenters. The molecule has 0 aromatic carbocycles. The lowest BCUT2D eigenvalue weighted by molar-refractivity contribution is -0.138. The maximum atomic E-state index is 12.5. The Morgan fingerprint density at radius 1 is 1.32 bits per heavy atom. The zero-order valence-electron chi connectivity index (χ0n) is 14.6. The van der Waals surface area contributed by atoms with Crippen molar-refractivity contribution >= 4 is 18.0 Å². The predicted octanol–water partition coefficient (Wildman–Crippen LogP) is 1.62. The number of rotatable bonds is 3. The average molecular weight is 349 g/mol. The summed E-state index contributed by atoms with van der Waals surface area (Å²) in [4.78, 5) is 42.9. The normalized spacial score (nSPS) is 18.0. The van der Waals surface area contributed by atoms with E-state index in [9.17, 15) is 14.4 Å². The lowest BCUT2D eigenvalue weighted by atomic mass is 10.1. The molecule has 0 spiro atoms. The molecule has 1 fully saturated rings. The number of amides is 2. The molecule has 1 aromatic rings. The summed E-state index contributed by atoms with van der Waals surface area (Å²) in [5.41, 5.74) is -0.240. The smallest absolute Gasteiger partial charge is 0.410 e. The monoisotopic (exact) mass is 349 g/mol. The van der Waals surface area contributed by atoms with Gasteiger partial charge in [-0.15, -0.1) is 0 Å². The van der Waals surface area contributed by atoms with Crippen LogP contribution in [0, 0.1) is 0 Å². The van der Waals surface area contributed by atoms with Crippen LogP contribution < -0.4 is 0 Å². The first-order valence-corrected chi connectivity index (χ1v) is 8.08. The molecule has 136 valence electrons. The van der Waals surface area contributed by atoms with Crippen LogP contribution in [0.1, 0.15) is 37.6 Å². The van der Waals surface area contributed by atoms with E-state index >= 15 is 0 Å². The van der Waals surface area contributed by atoms with E-state index in [0.717, 1.165) is 0 Å². The van der Waals surface area contributed by atoms with Crippen molar-refractivity contribution in [2.75, 3.05) is 19.6 Å². The molecular weight excluding hydrogens is 326 g/mol. The van der Waals surface area contributed by atoms with Crippen LogP contribution in [0.4, 0.5) is 4.79 Å². The van der Waals surface area contributed by atoms with E-state index < -0.39 is 23.7 Å². The van der Waals surface area contributed by atoms with Gasteiger partial charge in [-0.2, -0.15) is 0 Å². The second-order valence-corrected chi connectivity index (χ2v) is 6.92. The number of nitrogens with zero attached hydrogens (tertiary/aromatic N) is 3. The Labute approximate surface area is 146 Å². The fraction of sp³-hybridized carbons (Fsp3) is 0.529. The summed E-state index contributed by atoms with van der Waals surface area (Å²) < 4.78 is 5.35. The molecule has 1 aliphatic heterocycles. The maximum absolute atomic E-state index is 12.5. The minimum Gasteiger partial charge on any atom is -0.481 e. The average Bonchev–Trinajstić information content (AvgIpc) is 2.52. The van der Waals surface area contributed by atoms with E-state index in [0.29, 0.717) is 12.1 Å². The van der Waals surface area contributed by atoms with Gasteiger partial charge in [0, 0.05) is 32.0 Å². The van der Waals surface area contributed by atoms with Crippen molar-refractivity contribution in [2.24, 2.45) is 0 Å². The Bertz CT molecular complexity index is 641. The van der Waals surface area contributed by atoms with Crippen molar-refractivity contribution < 1.29 is 24.2 Å². The number of aliphatic carboxylic acids is 1. The SMILES string of the molecule is CC(C)(C)OC(=O)N1CCN(C(=O)c2cccnc2)C[C@H]1CC(=O)O. The first-order valence-electron chi connectivity index (χ1n) is 8.08. The molecule has 8 nitrogen and oxygen atoms in total. The van der Waals surface area contributed by atoms with Crippen molar-refractivity contribution in [1.82, 2.24) is 14.8 Å². The highest BCUT2D eigenvalue weighted by Crippen LogP contribution is 2.19. The van der Waals surface area contributed by atoms with Crippen LogP contribution in [0.25, 0.3) is 0 Å². The zero-order valence-corrected chi connectivity index (χ0v) is 14.6. The number of carbonyl (C=O) groups excluding carboxylic acids is 2. The Hall–Kier alpha value is -2.64. The molecule has 2 heterocycles. The third-order valence-electron chi connectivity index (χ3n) is 3.72. The predicted molar refractivity (Wildman–Crippen MR) is 89.1 cm³/mol. The molecule has 1 atom stereocenters. The summed E-state index contributed by atoms with van der Waals surface area (Å²) in [6, 6.07) is 2.68. The second kappa shape index (κ2) is 7.50. The summed E-state index contributed by atoms with van der Waals surface area (Å²) in [6.45, 7) is 5.92. The van der Waals surface area contributed by atoms with E-state index in [4.69, 9.17) is 9.84 Å². The van der Waals surface area contributed by atoms with Gasteiger partial charge in [0.05, 0.1) is 18.0 Å². The van der Waals surface area contributed by atoms with Gasteiger partial charge in [0.25, 0.3) is 5.91 Å². The van der Waals surface area contributed by atoms with Gasteiger partial charge in [0.2, 0.25) is 0 Å². The number of hydrogen-bond donors (Lipinski definition) is 1. The van der Waals surface area contributed by atoms with Gasteiger partial charge in [0.1, 0.15) is 5.60 Å². The summed E-state index contributed by atoms with van der Waals surface area (Å²) in [6.07, 6.45) is 2.22. The van der Waals surface area contributed by atoms with Crippen LogP contribution in [-0.2, 0) is 9.53 Å². The Morgan fingerprint density at radius 2 is 2.04 bits per heavy atom. The van der Waals surface area contributed by atoms with Crippen molar-refractivity contribution in [3.05, 3.63) is 30.1 Å². The number of aromatic nitrogens is 1. The first kappa shape index (κ1) is 18.7. The molecule has 2 rings (SSSR count). The molecule has 25 heavy (non-hydrogen) atoms. The van der Waals surface area contributed by atoms with Gasteiger partial charge < -0.3 is 19.6 Å². The van der Waals surface area contributed by atoms with Crippen molar-refractivity contribution in [3.8, 4) is 0 Å². The van der Waals surface area contributed by atoms with Crippen LogP contribution in [0.2, 0.25) is 0 Å². The van der Waals surface area contributed by atoms with Crippen molar-refractivity contribution in [2.45, 2.75) is 38.8 Å². The summed E-state index contributed by atoms with van der Waals surface area (Å²) in [7, 11) is 0. The molecule has 0 radical (unpaired) electrons. The highest BCUT2D eigenvalue weighted by atomic mass is 16.6. The quantitative estimate of drug-likeness (QED) is 0.890. The molecule has 1 aromatic heterocycles. The van der Waals surface area contributed by atoms with E-state index in [-0.39, 0.29) is 25.4 Å². The molecule has 1 aliphatic rings. The Morgan fingerprint density at radius 3 is 2.60 bits per heavy atom. The van der Waals surface area contributed by atoms with Crippen LogP contribution in [0.5, 0.6) is 0 Å². The standard InChI is InChI=1S/C17H23N3O5/c1-17(2,3)25-16(24)20-8-7-19(11-13(20)9-14(21)22)15(23)12-5-4-6-18-10-12/h4-6,10,13H,7-9,11H2,1-3H3,(H,21,22)/t13-/m1/s1. The van der Waals surface area contributed by atoms with Crippen molar-refractivity contribution in [1.29, 1.82) is 0 Å². The molecule has 8 heteroatoms. The van der Waals surface area contributed by atoms with Gasteiger partial charge >= 0.3 is 12.1 Å². The number of ether oxygens (including phenoxy) is 1. The third kappa shape index (κ3) is 5.17. The van der Waals surface area contributed by atoms with Gasteiger partial charge in [-0.05, 0) is 32.9 Å². The molecule has 1 saturated heterocycles. The van der Waals surface area contributed by atoms with E-state index in [1.54, 1.807) is 44.0 Å². The molecule has 2 amide bonds. The number of piperazine rings is 1. The lowest BCUT2D eigenvalue weighted by Crippen LogP contribution is -2.57. The molecule has 0 bridgehead atoms. The zero-order chi connectivity index (χ0) is 18.6. The Kier molecular flexibility index (Phi) is 5.61. The number of carboxylic acids is 1. The maximum Gasteiger partial charge on any atom is 0.410 e. The van der Waals surface area contributed by atoms with Gasteiger partial charge in [-0.1, -0.05) is 0 Å². The molecule has 0 saturated carbocycles. The van der Waals surface area contributed by atoms with Gasteiger partial charge in [-0.25, -0.2) is 4.79 Å². The number of carbonyl (C=O) groups is 3. The number of hydrogen-bond acceptors (Lipinski definition) is 5. The Balaban J connectivity index is 2.12. The summed E-state index contributed by atoms with van der Waals surface area (Å²) in [5, 5.41) is 9.15. The van der Waals surface area contributed by atoms with E-state index in [1.165, 1.54) is 11.1 Å². The highest BCUT2D eigenvalue weighted by molar-refractivity contribution is 5.94. The lowest BCUT2D eigenvalue weighted by Gasteiger charge is -2.41. The van der Waals surface area contributed by atoms with Gasteiger partial charge in [-0.3, -0.25) is 14.6 Å². The second-order valence-electron chi connectivity index (χ2n) is 6.92. The van der Waals surface area contributed by atoms with Crippen LogP contribution >= 0.6 is 0 Å². The minimum atomic E-state index is -1.03. The summed E-state index contributed by atoms with van der Waals surface area (Å²) >= 11 is 0. The first-order chi connectivity index (χ1) is 11.7. The molecule has 1 N–H and O–H groups in total. The third-order valence-corrected chi connectivity index (χ3v) is 3.72. The number of pyridine rings is 1. The fourth-order valence-electron chi connectivity index (χ4n) is 2.65. The minimum absolute atomic E-state index is 0.138. The topological polar surface area (TPSA) is 100 Å². The van der Waals surface area contributed by atoms with Crippen LogP contribution in [-0.4, -0.2) is 69.1 Å². The van der Waals surface area contributed by atoms with E-state index in [2.05, 4.69) is 4.98 Å². The van der Waals surface area contributed by atoms with Crippen LogP contribution in [0.15, 0.2) is 24.5 Å². The fourth-order valence-corrected chi connectivity index (χ4v) is 2.65. The van der Waals surface area contributed by atoms with Crippen molar-refractivity contribution in [3.63, 3.8) is 0 Å². The molecule has 0 aliphatic carbocycles. The highest BCUT2D eigenvalue weighted by Gasteiger charge is 2.36. The summed E-state index contributed by atoms with van der Waals surface area (Å²) in [5.74, 6) is -1.26. The number of carboxylic acid groups (broad SMARTS) is 1. The molecular formula is C17H23N3O5. The van der Waals surface area contributed by atoms with E-state index in [1.807, 2.05) is 0 Å². The van der Waals surface area contributed by atoms with Crippen LogP contribution in [0.3, 0.4) is 0 Å².